The summed E-state index contributed by atoms with van der Waals surface area (Å²) in [5, 5.41) is 3.98. The number of carbonyl (C=O) groups is 2. The molecule has 146 valence electrons. The number of H-pyrrole nitrogens is 1. The molecule has 1 atom stereocenters. The predicted molar refractivity (Wildman–Crippen MR) is 108 cm³/mol. The Balaban J connectivity index is 1.52. The summed E-state index contributed by atoms with van der Waals surface area (Å²) in [5.74, 6) is -1.78. The quantitative estimate of drug-likeness (QED) is 0.393. The molecule has 0 radical (unpaired) electrons. The second-order valence-electron chi connectivity index (χ2n) is 6.62. The van der Waals surface area contributed by atoms with Crippen molar-refractivity contribution >= 4 is 22.8 Å². The maximum absolute atomic E-state index is 12.5. The lowest BCUT2D eigenvalue weighted by Gasteiger charge is -2.15. The Bertz CT molecular complexity index is 921. The summed E-state index contributed by atoms with van der Waals surface area (Å²) in [7, 11) is 0. The summed E-state index contributed by atoms with van der Waals surface area (Å²) in [6.07, 6.45) is 2.87. The molecule has 1 unspecified atom stereocenters. The first-order valence-electron chi connectivity index (χ1n) is 9.42. The number of nitrogens with two attached hydrogens (primary N) is 1. The van der Waals surface area contributed by atoms with Crippen molar-refractivity contribution in [3.05, 3.63) is 71.9 Å². The average molecular weight is 379 g/mol. The number of fused-ring (bicyclic) bond motifs is 1. The van der Waals surface area contributed by atoms with Crippen molar-refractivity contribution in [2.75, 3.05) is 13.1 Å². The summed E-state index contributed by atoms with van der Waals surface area (Å²) in [6, 6.07) is 17.4. The lowest BCUT2D eigenvalue weighted by Crippen LogP contribution is -2.38. The number of benzene rings is 2. The van der Waals surface area contributed by atoms with Gasteiger partial charge in [-0.1, -0.05) is 48.5 Å². The van der Waals surface area contributed by atoms with E-state index in [-0.39, 0.29) is 25.5 Å². The van der Waals surface area contributed by atoms with Crippen LogP contribution in [0.2, 0.25) is 0 Å². The Labute approximate surface area is 164 Å². The molecule has 0 saturated heterocycles. The number of ether oxygens (including phenoxy) is 1. The minimum absolute atomic E-state index is 0.142. The van der Waals surface area contributed by atoms with Crippen LogP contribution in [-0.2, 0) is 27.4 Å². The van der Waals surface area contributed by atoms with E-state index in [2.05, 4.69) is 10.3 Å². The van der Waals surface area contributed by atoms with Gasteiger partial charge in [0.15, 0.2) is 0 Å². The highest BCUT2D eigenvalue weighted by Gasteiger charge is 2.27. The first kappa shape index (κ1) is 19.6. The number of aromatic amines is 1. The van der Waals surface area contributed by atoms with Crippen LogP contribution in [0.3, 0.4) is 0 Å². The van der Waals surface area contributed by atoms with Crippen LogP contribution in [0.25, 0.3) is 10.9 Å². The van der Waals surface area contributed by atoms with Crippen molar-refractivity contribution in [2.45, 2.75) is 19.4 Å². The standard InChI is InChI=1S/C22H25N3O3/c23-12-10-19(22(27)28-15-16-6-2-1-3-7-16)21(26)24-13-11-17-14-25-20-9-5-4-8-18(17)20/h1-9,14,19,25H,10-13,15,23H2,(H,24,26). The monoisotopic (exact) mass is 379 g/mol. The highest BCUT2D eigenvalue weighted by molar-refractivity contribution is 5.97. The normalized spacial score (nSPS) is 11.9. The van der Waals surface area contributed by atoms with E-state index in [0.717, 1.165) is 22.0 Å². The highest BCUT2D eigenvalue weighted by Crippen LogP contribution is 2.17. The van der Waals surface area contributed by atoms with Gasteiger partial charge in [0.05, 0.1) is 0 Å². The zero-order chi connectivity index (χ0) is 19.8. The number of esters is 1. The number of para-hydroxylation sites is 1. The van der Waals surface area contributed by atoms with E-state index < -0.39 is 11.9 Å². The molecule has 0 saturated carbocycles. The average Bonchev–Trinajstić information content (AvgIpc) is 3.14. The van der Waals surface area contributed by atoms with E-state index in [0.29, 0.717) is 13.0 Å². The molecule has 6 nitrogen and oxygen atoms in total. The molecule has 28 heavy (non-hydrogen) atoms. The fraction of sp³-hybridized carbons (Fsp3) is 0.273. The van der Waals surface area contributed by atoms with Crippen LogP contribution in [0.5, 0.6) is 0 Å². The number of rotatable bonds is 9. The van der Waals surface area contributed by atoms with Gasteiger partial charge in [-0.05, 0) is 36.6 Å². The first-order valence-corrected chi connectivity index (χ1v) is 9.42. The van der Waals surface area contributed by atoms with E-state index in [1.54, 1.807) is 0 Å². The fourth-order valence-corrected chi connectivity index (χ4v) is 3.13. The maximum atomic E-state index is 12.5. The SMILES string of the molecule is NCCC(C(=O)NCCc1c[nH]c2ccccc12)C(=O)OCc1ccccc1. The smallest absolute Gasteiger partial charge is 0.318 e. The van der Waals surface area contributed by atoms with Crippen LogP contribution in [0, 0.1) is 5.92 Å². The summed E-state index contributed by atoms with van der Waals surface area (Å²) in [5.41, 5.74) is 8.65. The molecule has 3 rings (SSSR count). The number of amides is 1. The number of hydrogen-bond acceptors (Lipinski definition) is 4. The molecule has 0 fully saturated rings. The third kappa shape index (κ3) is 4.98. The molecule has 1 aromatic heterocycles. The summed E-state index contributed by atoms with van der Waals surface area (Å²) in [4.78, 5) is 28.1. The van der Waals surface area contributed by atoms with Crippen LogP contribution in [0.4, 0.5) is 0 Å². The molecule has 0 spiro atoms. The van der Waals surface area contributed by atoms with Gasteiger partial charge in [0.25, 0.3) is 0 Å². The zero-order valence-electron chi connectivity index (χ0n) is 15.7. The second-order valence-corrected chi connectivity index (χ2v) is 6.62. The van der Waals surface area contributed by atoms with Gasteiger partial charge in [-0.2, -0.15) is 0 Å². The highest BCUT2D eigenvalue weighted by atomic mass is 16.5. The molecule has 0 aliphatic rings. The van der Waals surface area contributed by atoms with Gasteiger partial charge in [-0.25, -0.2) is 0 Å². The van der Waals surface area contributed by atoms with E-state index >= 15 is 0 Å². The van der Waals surface area contributed by atoms with Crippen LogP contribution in [-0.4, -0.2) is 29.9 Å². The molecule has 0 aliphatic carbocycles. The van der Waals surface area contributed by atoms with Crippen molar-refractivity contribution in [1.29, 1.82) is 0 Å². The Morgan fingerprint density at radius 1 is 1.07 bits per heavy atom. The summed E-state index contributed by atoms with van der Waals surface area (Å²) >= 11 is 0. The Kier molecular flexibility index (Phi) is 6.81. The molecule has 2 aromatic carbocycles. The summed E-state index contributed by atoms with van der Waals surface area (Å²) in [6.45, 7) is 0.818. The first-order chi connectivity index (χ1) is 13.7. The van der Waals surface area contributed by atoms with Crippen molar-refractivity contribution in [3.63, 3.8) is 0 Å². The molecule has 1 heterocycles. The molecule has 3 aromatic rings. The Hall–Kier alpha value is -3.12. The van der Waals surface area contributed by atoms with Gasteiger partial charge in [0, 0.05) is 23.6 Å². The maximum Gasteiger partial charge on any atom is 0.318 e. The number of hydrogen-bond donors (Lipinski definition) is 3. The topological polar surface area (TPSA) is 97.2 Å². The van der Waals surface area contributed by atoms with Crippen LogP contribution in [0.1, 0.15) is 17.5 Å². The molecular formula is C22H25N3O3. The number of nitrogens with one attached hydrogen (secondary N) is 2. The third-order valence-electron chi connectivity index (χ3n) is 4.65. The molecular weight excluding hydrogens is 354 g/mol. The van der Waals surface area contributed by atoms with E-state index in [4.69, 9.17) is 10.5 Å². The van der Waals surface area contributed by atoms with E-state index in [9.17, 15) is 9.59 Å². The van der Waals surface area contributed by atoms with E-state index in [1.807, 2.05) is 60.8 Å². The van der Waals surface area contributed by atoms with Gasteiger partial charge < -0.3 is 20.8 Å². The summed E-state index contributed by atoms with van der Waals surface area (Å²) < 4.78 is 5.31. The lowest BCUT2D eigenvalue weighted by molar-refractivity contribution is -0.154. The zero-order valence-corrected chi connectivity index (χ0v) is 15.7. The van der Waals surface area contributed by atoms with E-state index in [1.165, 1.54) is 0 Å². The molecule has 1 amide bonds. The van der Waals surface area contributed by atoms with Gasteiger partial charge >= 0.3 is 5.97 Å². The van der Waals surface area contributed by atoms with Crippen molar-refractivity contribution in [1.82, 2.24) is 10.3 Å². The third-order valence-corrected chi connectivity index (χ3v) is 4.65. The number of aromatic nitrogens is 1. The largest absolute Gasteiger partial charge is 0.460 e. The van der Waals surface area contributed by atoms with Crippen molar-refractivity contribution in [3.8, 4) is 0 Å². The van der Waals surface area contributed by atoms with Crippen LogP contribution >= 0.6 is 0 Å². The molecule has 6 heteroatoms. The molecule has 0 aliphatic heterocycles. The van der Waals surface area contributed by atoms with Crippen LogP contribution < -0.4 is 11.1 Å². The second kappa shape index (κ2) is 9.71. The molecule has 0 bridgehead atoms. The van der Waals surface area contributed by atoms with Crippen LogP contribution in [0.15, 0.2) is 60.8 Å². The minimum Gasteiger partial charge on any atom is -0.460 e. The predicted octanol–water partition coefficient (Wildman–Crippen LogP) is 2.54. The molecule has 4 N–H and O–H groups in total. The van der Waals surface area contributed by atoms with Crippen molar-refractivity contribution in [2.24, 2.45) is 11.7 Å². The fourth-order valence-electron chi connectivity index (χ4n) is 3.13. The number of carbonyl (C=O) groups excluding carboxylic acids is 2. The van der Waals surface area contributed by atoms with Gasteiger partial charge in [-0.15, -0.1) is 0 Å². The van der Waals surface area contributed by atoms with Gasteiger partial charge in [0.2, 0.25) is 5.91 Å². The van der Waals surface area contributed by atoms with Crippen molar-refractivity contribution < 1.29 is 14.3 Å². The lowest BCUT2D eigenvalue weighted by atomic mass is 10.0. The van der Waals surface area contributed by atoms with Gasteiger partial charge in [0.1, 0.15) is 12.5 Å². The Morgan fingerprint density at radius 2 is 1.82 bits per heavy atom. The minimum atomic E-state index is -0.892. The Morgan fingerprint density at radius 3 is 2.61 bits per heavy atom. The van der Waals surface area contributed by atoms with Gasteiger partial charge in [-0.3, -0.25) is 9.59 Å².